The second-order valence-corrected chi connectivity index (χ2v) is 8.21. The minimum atomic E-state index is -3.54. The molecule has 0 saturated carbocycles. The van der Waals surface area contributed by atoms with Gasteiger partial charge in [-0.25, -0.2) is 8.42 Å². The normalized spacial score (nSPS) is 11.6. The molecule has 1 N–H and O–H groups in total. The molecule has 0 fully saturated rings. The highest BCUT2D eigenvalue weighted by Crippen LogP contribution is 2.24. The summed E-state index contributed by atoms with van der Waals surface area (Å²) < 4.78 is 30.9. The molecule has 0 radical (unpaired) electrons. The largest absolute Gasteiger partial charge is 0.489 e. The number of nitrogens with zero attached hydrogens (tertiary/aromatic N) is 1. The van der Waals surface area contributed by atoms with Crippen LogP contribution in [0, 0.1) is 0 Å². The van der Waals surface area contributed by atoms with E-state index < -0.39 is 15.9 Å². The Bertz CT molecular complexity index is 836. The molecule has 0 heterocycles. The molecule has 2 aromatic carbocycles. The van der Waals surface area contributed by atoms with E-state index >= 15 is 0 Å². The Morgan fingerprint density at radius 3 is 2.31 bits per heavy atom. The van der Waals surface area contributed by atoms with Crippen LogP contribution in [0.2, 0.25) is 0 Å². The number of benzene rings is 2. The molecule has 0 atom stereocenters. The number of rotatable bonds is 8. The summed E-state index contributed by atoms with van der Waals surface area (Å²) >= 11 is 0. The second kappa shape index (κ2) is 8.82. The van der Waals surface area contributed by atoms with Crippen molar-refractivity contribution in [1.82, 2.24) is 4.31 Å². The molecule has 6 nitrogen and oxygen atoms in total. The van der Waals surface area contributed by atoms with E-state index in [1.54, 1.807) is 18.2 Å². The fourth-order valence-electron chi connectivity index (χ4n) is 2.35. The van der Waals surface area contributed by atoms with Crippen LogP contribution in [0.1, 0.15) is 19.4 Å². The van der Waals surface area contributed by atoms with E-state index in [0.717, 1.165) is 16.1 Å². The Hall–Kier alpha value is -2.38. The molecule has 0 aromatic heterocycles. The van der Waals surface area contributed by atoms with E-state index in [1.165, 1.54) is 0 Å². The van der Waals surface area contributed by atoms with Crippen LogP contribution in [0.3, 0.4) is 0 Å². The van der Waals surface area contributed by atoms with Gasteiger partial charge < -0.3 is 10.1 Å². The van der Waals surface area contributed by atoms with Gasteiger partial charge in [-0.1, -0.05) is 42.5 Å². The summed E-state index contributed by atoms with van der Waals surface area (Å²) in [5, 5.41) is 2.73. The van der Waals surface area contributed by atoms with Crippen molar-refractivity contribution in [1.29, 1.82) is 0 Å². The van der Waals surface area contributed by atoms with Crippen LogP contribution >= 0.6 is 0 Å². The lowest BCUT2D eigenvalue weighted by Crippen LogP contribution is -2.37. The van der Waals surface area contributed by atoms with Crippen LogP contribution in [0.15, 0.2) is 54.6 Å². The first-order valence-electron chi connectivity index (χ1n) is 8.30. The van der Waals surface area contributed by atoms with Gasteiger partial charge in [0.15, 0.2) is 0 Å². The third-order valence-corrected chi connectivity index (χ3v) is 4.71. The van der Waals surface area contributed by atoms with Crippen LogP contribution in [0.4, 0.5) is 5.69 Å². The Labute approximate surface area is 154 Å². The maximum absolute atomic E-state index is 12.4. The monoisotopic (exact) mass is 376 g/mol. The molecule has 140 valence electrons. The minimum absolute atomic E-state index is 0.0429. The van der Waals surface area contributed by atoms with Gasteiger partial charge in [0.25, 0.3) is 0 Å². The van der Waals surface area contributed by atoms with Gasteiger partial charge in [0.1, 0.15) is 5.75 Å². The van der Waals surface area contributed by atoms with Crippen LogP contribution in [0.25, 0.3) is 0 Å². The van der Waals surface area contributed by atoms with Crippen molar-refractivity contribution in [3.8, 4) is 5.75 Å². The van der Waals surface area contributed by atoms with E-state index in [1.807, 2.05) is 50.2 Å². The van der Waals surface area contributed by atoms with Crippen LogP contribution < -0.4 is 10.1 Å². The number of hydrogen-bond donors (Lipinski definition) is 1. The molecule has 0 saturated heterocycles. The van der Waals surface area contributed by atoms with Gasteiger partial charge in [0.05, 0.1) is 24.6 Å². The summed E-state index contributed by atoms with van der Waals surface area (Å²) in [6, 6.07) is 16.2. The van der Waals surface area contributed by atoms with Gasteiger partial charge in [-0.3, -0.25) is 4.79 Å². The number of hydrogen-bond acceptors (Lipinski definition) is 4. The van der Waals surface area contributed by atoms with Crippen molar-refractivity contribution < 1.29 is 17.9 Å². The standard InChI is InChI=1S/C19H24N2O4S/c1-15(2)25-18-12-8-7-11-17(18)20-19(22)14-21(26(3,23)24)13-16-9-5-4-6-10-16/h4-12,15H,13-14H2,1-3H3,(H,20,22). The molecule has 0 bridgehead atoms. The lowest BCUT2D eigenvalue weighted by atomic mass is 10.2. The molecule has 2 rings (SSSR count). The first-order chi connectivity index (χ1) is 12.3. The number of nitrogens with one attached hydrogen (secondary N) is 1. The minimum Gasteiger partial charge on any atom is -0.489 e. The molecule has 2 aromatic rings. The summed E-state index contributed by atoms with van der Waals surface area (Å²) in [6.07, 6.45) is 1.05. The van der Waals surface area contributed by atoms with Gasteiger partial charge in [-0.2, -0.15) is 4.31 Å². The van der Waals surface area contributed by atoms with Crippen molar-refractivity contribution in [2.45, 2.75) is 26.5 Å². The number of amides is 1. The number of anilines is 1. The number of ether oxygens (including phenoxy) is 1. The predicted molar refractivity (Wildman–Crippen MR) is 103 cm³/mol. The molecule has 0 unspecified atom stereocenters. The van der Waals surface area contributed by atoms with E-state index in [-0.39, 0.29) is 19.2 Å². The van der Waals surface area contributed by atoms with E-state index in [0.29, 0.717) is 11.4 Å². The number of carbonyl (C=O) groups excluding carboxylic acids is 1. The molecule has 0 aliphatic rings. The van der Waals surface area contributed by atoms with Crippen molar-refractivity contribution >= 4 is 21.6 Å². The molecule has 0 spiro atoms. The molecule has 7 heteroatoms. The SMILES string of the molecule is CC(C)Oc1ccccc1NC(=O)CN(Cc1ccccc1)S(C)(=O)=O. The predicted octanol–water partition coefficient (Wildman–Crippen LogP) is 2.87. The van der Waals surface area contributed by atoms with E-state index in [2.05, 4.69) is 5.32 Å². The zero-order chi connectivity index (χ0) is 19.2. The van der Waals surface area contributed by atoms with Gasteiger partial charge >= 0.3 is 0 Å². The second-order valence-electron chi connectivity index (χ2n) is 6.23. The smallest absolute Gasteiger partial charge is 0.239 e. The number of carbonyl (C=O) groups is 1. The van der Waals surface area contributed by atoms with Gasteiger partial charge in [0, 0.05) is 6.54 Å². The van der Waals surface area contributed by atoms with Crippen LogP contribution in [-0.4, -0.2) is 37.5 Å². The topological polar surface area (TPSA) is 75.7 Å². The van der Waals surface area contributed by atoms with Crippen molar-refractivity contribution in [2.24, 2.45) is 0 Å². The number of sulfonamides is 1. The summed E-state index contributed by atoms with van der Waals surface area (Å²) in [7, 11) is -3.54. The van der Waals surface area contributed by atoms with Gasteiger partial charge in [-0.05, 0) is 31.5 Å². The van der Waals surface area contributed by atoms with Crippen LogP contribution in [0.5, 0.6) is 5.75 Å². The van der Waals surface area contributed by atoms with E-state index in [9.17, 15) is 13.2 Å². The van der Waals surface area contributed by atoms with E-state index in [4.69, 9.17) is 4.74 Å². The van der Waals surface area contributed by atoms with Crippen molar-refractivity contribution in [2.75, 3.05) is 18.1 Å². The highest BCUT2D eigenvalue weighted by molar-refractivity contribution is 7.88. The molecule has 1 amide bonds. The summed E-state index contributed by atoms with van der Waals surface area (Å²) in [5.74, 6) is 0.121. The Morgan fingerprint density at radius 1 is 1.08 bits per heavy atom. The third kappa shape index (κ3) is 6.16. The molecular weight excluding hydrogens is 352 g/mol. The maximum Gasteiger partial charge on any atom is 0.239 e. The Kier molecular flexibility index (Phi) is 6.76. The Morgan fingerprint density at radius 2 is 1.69 bits per heavy atom. The van der Waals surface area contributed by atoms with Crippen molar-refractivity contribution in [3.05, 3.63) is 60.2 Å². The highest BCUT2D eigenvalue weighted by Gasteiger charge is 2.21. The van der Waals surface area contributed by atoms with Gasteiger partial charge in [-0.15, -0.1) is 0 Å². The Balaban J connectivity index is 2.11. The fourth-order valence-corrected chi connectivity index (χ4v) is 3.09. The average Bonchev–Trinajstić information content (AvgIpc) is 2.56. The van der Waals surface area contributed by atoms with Crippen LogP contribution in [-0.2, 0) is 21.4 Å². The zero-order valence-corrected chi connectivity index (χ0v) is 16.0. The van der Waals surface area contributed by atoms with Gasteiger partial charge in [0.2, 0.25) is 15.9 Å². The molecule has 0 aliphatic carbocycles. The lowest BCUT2D eigenvalue weighted by molar-refractivity contribution is -0.116. The first-order valence-corrected chi connectivity index (χ1v) is 10.1. The molecular formula is C19H24N2O4S. The fraction of sp³-hybridized carbons (Fsp3) is 0.316. The average molecular weight is 376 g/mol. The summed E-state index contributed by atoms with van der Waals surface area (Å²) in [4.78, 5) is 12.4. The summed E-state index contributed by atoms with van der Waals surface area (Å²) in [5.41, 5.74) is 1.33. The first kappa shape index (κ1) is 19.9. The quantitative estimate of drug-likeness (QED) is 0.769. The van der Waals surface area contributed by atoms with Crippen molar-refractivity contribution in [3.63, 3.8) is 0 Å². The lowest BCUT2D eigenvalue weighted by Gasteiger charge is -2.20. The third-order valence-electron chi connectivity index (χ3n) is 3.51. The summed E-state index contributed by atoms with van der Waals surface area (Å²) in [6.45, 7) is 3.65. The molecule has 26 heavy (non-hydrogen) atoms. The number of para-hydroxylation sites is 2. The highest BCUT2D eigenvalue weighted by atomic mass is 32.2. The zero-order valence-electron chi connectivity index (χ0n) is 15.2. The molecule has 0 aliphatic heterocycles. The maximum atomic E-state index is 12.4.